The highest BCUT2D eigenvalue weighted by Crippen LogP contribution is 2.64. The van der Waals surface area contributed by atoms with E-state index in [2.05, 4.69) is 208 Å². The molecule has 1 heterocycles. The third-order valence-electron chi connectivity index (χ3n) is 14.5. The second-order valence-corrected chi connectivity index (χ2v) is 18.2. The van der Waals surface area contributed by atoms with E-state index in [1.807, 2.05) is 18.2 Å². The maximum Gasteiger partial charge on any atom is 0.164 e. The Bertz CT molecular complexity index is 3480. The van der Waals surface area contributed by atoms with Crippen molar-refractivity contribution in [3.63, 3.8) is 0 Å². The number of hydrogen-bond donors (Lipinski definition) is 0. The molecule has 1 spiro atoms. The minimum Gasteiger partial charge on any atom is -0.208 e. The van der Waals surface area contributed by atoms with Crippen LogP contribution in [0.1, 0.15) is 58.4 Å². The first kappa shape index (κ1) is 37.5. The van der Waals surface area contributed by atoms with Gasteiger partial charge < -0.3 is 0 Å². The van der Waals surface area contributed by atoms with Gasteiger partial charge in [0.25, 0.3) is 0 Å². The van der Waals surface area contributed by atoms with Gasteiger partial charge in [0.05, 0.1) is 5.41 Å². The molecule has 0 fully saturated rings. The van der Waals surface area contributed by atoms with Crippen LogP contribution in [0.25, 0.3) is 78.7 Å². The summed E-state index contributed by atoms with van der Waals surface area (Å²) in [7, 11) is 0. The first-order valence-corrected chi connectivity index (χ1v) is 22.6. The second kappa shape index (κ2) is 14.3. The Kier molecular flexibility index (Phi) is 8.23. The lowest BCUT2D eigenvalue weighted by molar-refractivity contribution is 0.563. The largest absolute Gasteiger partial charge is 0.208 e. The van der Waals surface area contributed by atoms with Crippen molar-refractivity contribution in [3.8, 4) is 78.7 Å². The van der Waals surface area contributed by atoms with E-state index in [-0.39, 0.29) is 5.41 Å². The molecule has 1 aromatic heterocycles. The van der Waals surface area contributed by atoms with Gasteiger partial charge >= 0.3 is 0 Å². The molecule has 0 saturated carbocycles. The van der Waals surface area contributed by atoms with Crippen molar-refractivity contribution in [3.05, 3.63) is 257 Å². The fourth-order valence-electron chi connectivity index (χ4n) is 11.5. The zero-order chi connectivity index (χ0) is 43.3. The Hall–Kier alpha value is -8.01. The summed E-state index contributed by atoms with van der Waals surface area (Å²) in [5, 5.41) is 0. The molecular weight excluding hydrogens is 787 g/mol. The van der Waals surface area contributed by atoms with Crippen molar-refractivity contribution in [1.82, 2.24) is 15.0 Å². The molecule has 3 aliphatic rings. The molecule has 0 radical (unpaired) electrons. The van der Waals surface area contributed by atoms with E-state index in [1.165, 1.54) is 77.9 Å². The van der Waals surface area contributed by atoms with Gasteiger partial charge in [-0.3, -0.25) is 0 Å². The fraction of sp³-hybridized carbons (Fsp3) is 0.0806. The average Bonchev–Trinajstić information content (AvgIpc) is 3.90. The molecule has 10 aromatic rings. The van der Waals surface area contributed by atoms with E-state index in [0.717, 1.165) is 34.2 Å². The van der Waals surface area contributed by atoms with Crippen LogP contribution >= 0.6 is 0 Å². The van der Waals surface area contributed by atoms with Crippen LogP contribution in [0.15, 0.2) is 212 Å². The number of fused-ring (bicyclic) bond motifs is 12. The molecule has 0 N–H and O–H groups in total. The zero-order valence-electron chi connectivity index (χ0n) is 36.3. The van der Waals surface area contributed by atoms with E-state index in [1.54, 1.807) is 0 Å². The molecule has 0 amide bonds. The molecule has 3 nitrogen and oxygen atoms in total. The lowest BCUT2D eigenvalue weighted by Gasteiger charge is -2.46. The van der Waals surface area contributed by atoms with E-state index in [9.17, 15) is 0 Å². The Balaban J connectivity index is 1.09. The van der Waals surface area contributed by atoms with Crippen molar-refractivity contribution >= 4 is 0 Å². The maximum atomic E-state index is 5.43. The summed E-state index contributed by atoms with van der Waals surface area (Å²) in [5.74, 6) is 1.94. The highest BCUT2D eigenvalue weighted by atomic mass is 15.0. The molecule has 9 aromatic carbocycles. The predicted molar refractivity (Wildman–Crippen MR) is 265 cm³/mol. The number of aromatic nitrogens is 3. The van der Waals surface area contributed by atoms with Crippen LogP contribution in [0, 0.1) is 0 Å². The quantitative estimate of drug-likeness (QED) is 0.173. The monoisotopic (exact) mass is 829 g/mol. The molecule has 13 rings (SSSR count). The summed E-state index contributed by atoms with van der Waals surface area (Å²) < 4.78 is 0. The van der Waals surface area contributed by atoms with Gasteiger partial charge in [0.15, 0.2) is 17.5 Å². The van der Waals surface area contributed by atoms with Gasteiger partial charge in [0.2, 0.25) is 0 Å². The van der Waals surface area contributed by atoms with Gasteiger partial charge in [-0.1, -0.05) is 220 Å². The summed E-state index contributed by atoms with van der Waals surface area (Å²) in [6, 6.07) is 77.5. The van der Waals surface area contributed by atoms with Gasteiger partial charge in [-0.15, -0.1) is 0 Å². The van der Waals surface area contributed by atoms with Gasteiger partial charge in [-0.25, -0.2) is 15.0 Å². The second-order valence-electron chi connectivity index (χ2n) is 18.2. The minimum absolute atomic E-state index is 0.208. The molecule has 3 heteroatoms. The van der Waals surface area contributed by atoms with E-state index in [0.29, 0.717) is 17.5 Å². The number of rotatable bonds is 5. The molecule has 65 heavy (non-hydrogen) atoms. The smallest absolute Gasteiger partial charge is 0.164 e. The van der Waals surface area contributed by atoms with Crippen molar-refractivity contribution in [2.45, 2.75) is 31.1 Å². The van der Waals surface area contributed by atoms with Gasteiger partial charge in [-0.05, 0) is 102 Å². The molecular formula is C62H43N3. The van der Waals surface area contributed by atoms with E-state index >= 15 is 0 Å². The number of hydrogen-bond acceptors (Lipinski definition) is 3. The third-order valence-corrected chi connectivity index (χ3v) is 14.5. The summed E-state index contributed by atoms with van der Waals surface area (Å²) in [6.45, 7) is 4.76. The Morgan fingerprint density at radius 2 is 0.785 bits per heavy atom. The van der Waals surface area contributed by atoms with Crippen LogP contribution in [0.4, 0.5) is 0 Å². The highest BCUT2D eigenvalue weighted by Gasteiger charge is 2.54. The third kappa shape index (κ3) is 5.52. The zero-order valence-corrected chi connectivity index (χ0v) is 36.3. The average molecular weight is 830 g/mol. The molecule has 3 aliphatic carbocycles. The molecule has 0 unspecified atom stereocenters. The van der Waals surface area contributed by atoms with Crippen LogP contribution in [-0.2, 0) is 17.3 Å². The summed E-state index contributed by atoms with van der Waals surface area (Å²) in [5.41, 5.74) is 22.5. The van der Waals surface area contributed by atoms with Crippen LogP contribution in [0.2, 0.25) is 0 Å². The van der Waals surface area contributed by atoms with Crippen molar-refractivity contribution in [2.75, 3.05) is 0 Å². The minimum atomic E-state index is -0.585. The van der Waals surface area contributed by atoms with Crippen LogP contribution < -0.4 is 0 Å². The molecule has 0 atom stereocenters. The standard InChI is InChI=1S/C62H43N3/c1-61(2)51-26-11-13-28-53(51)62(54-29-14-12-27-52(54)61)50-36-35-44(47-24-15-22-45-37-43-21-9-10-23-46(43)56(45)47)38-49(50)57-48(25-16-30-55(57)62)60-64-58(41-19-7-4-8-20-41)63-59(65-60)42-33-31-40(32-34-42)39-17-5-3-6-18-39/h3-36,38H,37H2,1-2H3. The van der Waals surface area contributed by atoms with Gasteiger partial charge in [0, 0.05) is 22.1 Å². The lowest BCUT2D eigenvalue weighted by Crippen LogP contribution is -2.40. The normalized spacial score (nSPS) is 14.2. The Morgan fingerprint density at radius 3 is 1.49 bits per heavy atom. The predicted octanol–water partition coefficient (Wildman–Crippen LogP) is 14.8. The maximum absolute atomic E-state index is 5.43. The summed E-state index contributed by atoms with van der Waals surface area (Å²) in [6.07, 6.45) is 0.949. The van der Waals surface area contributed by atoms with E-state index in [4.69, 9.17) is 15.0 Å². The van der Waals surface area contributed by atoms with Crippen LogP contribution in [0.3, 0.4) is 0 Å². The summed E-state index contributed by atoms with van der Waals surface area (Å²) >= 11 is 0. The SMILES string of the molecule is CC1(C)c2ccccc2C2(c3ccc(-c4cccc5c4-c4ccccc4C5)cc3-c3c(-c4nc(-c5ccccc5)nc(-c5ccc(-c6ccccc6)cc5)n4)cccc32)c2ccccc21. The molecule has 0 bridgehead atoms. The van der Waals surface area contributed by atoms with Crippen LogP contribution in [0.5, 0.6) is 0 Å². The highest BCUT2D eigenvalue weighted by molar-refractivity contribution is 5.99. The van der Waals surface area contributed by atoms with Crippen molar-refractivity contribution in [1.29, 1.82) is 0 Å². The molecule has 0 aliphatic heterocycles. The first-order chi connectivity index (χ1) is 32.0. The van der Waals surface area contributed by atoms with Gasteiger partial charge in [-0.2, -0.15) is 0 Å². The fourth-order valence-corrected chi connectivity index (χ4v) is 11.5. The summed E-state index contributed by atoms with van der Waals surface area (Å²) in [4.78, 5) is 16.0. The van der Waals surface area contributed by atoms with Gasteiger partial charge in [0.1, 0.15) is 0 Å². The molecule has 0 saturated heterocycles. The van der Waals surface area contributed by atoms with Crippen LogP contribution in [-0.4, -0.2) is 15.0 Å². The number of nitrogens with zero attached hydrogens (tertiary/aromatic N) is 3. The Labute approximate surface area is 379 Å². The van der Waals surface area contributed by atoms with E-state index < -0.39 is 5.41 Å². The topological polar surface area (TPSA) is 38.7 Å². The Morgan fingerprint density at radius 1 is 0.308 bits per heavy atom. The number of benzene rings is 9. The lowest BCUT2D eigenvalue weighted by atomic mass is 9.55. The van der Waals surface area contributed by atoms with Crippen molar-refractivity contribution in [2.24, 2.45) is 0 Å². The molecule has 306 valence electrons. The van der Waals surface area contributed by atoms with Crippen molar-refractivity contribution < 1.29 is 0 Å². The first-order valence-electron chi connectivity index (χ1n) is 22.6.